The van der Waals surface area contributed by atoms with Gasteiger partial charge in [0.05, 0.1) is 21.4 Å². The lowest BCUT2D eigenvalue weighted by molar-refractivity contribution is -0.00000485. The molecule has 3 rings (SSSR count). The third kappa shape index (κ3) is 3.63. The zero-order valence-electron chi connectivity index (χ0n) is 12.2. The lowest BCUT2D eigenvalue weighted by atomic mass is 10.1. The number of benzene rings is 2. The van der Waals surface area contributed by atoms with Crippen LogP contribution < -0.4 is 17.2 Å². The molecule has 126 valence electrons. The van der Waals surface area contributed by atoms with Crippen molar-refractivity contribution < 1.29 is 16.8 Å². The minimum atomic E-state index is -0.456. The number of hydrogen-bond acceptors (Lipinski definition) is 2. The van der Waals surface area contributed by atoms with Crippen molar-refractivity contribution in [2.24, 2.45) is 4.99 Å². The maximum absolute atomic E-state index is 13.4. The van der Waals surface area contributed by atoms with Gasteiger partial charge in [-0.1, -0.05) is 34.8 Å². The molecule has 0 unspecified atom stereocenters. The van der Waals surface area contributed by atoms with E-state index in [4.69, 9.17) is 34.8 Å². The third-order valence-electron chi connectivity index (χ3n) is 3.27. The highest BCUT2D eigenvalue weighted by Crippen LogP contribution is 2.31. The SMILES string of the molecule is CN=c1scc(-c2ccc(F)c(Cl)c2)n1-c1ccc(Cl)cc1Cl.[Cl-]. The summed E-state index contributed by atoms with van der Waals surface area (Å²) in [5, 5.41) is 3.05. The number of thiazole rings is 1. The molecule has 0 aliphatic heterocycles. The first-order valence-electron chi connectivity index (χ1n) is 6.55. The van der Waals surface area contributed by atoms with Crippen LogP contribution in [0.3, 0.4) is 0 Å². The predicted octanol–water partition coefficient (Wildman–Crippen LogP) is 2.84. The molecule has 0 spiro atoms. The molecule has 24 heavy (non-hydrogen) atoms. The fourth-order valence-corrected chi connectivity index (χ4v) is 3.76. The summed E-state index contributed by atoms with van der Waals surface area (Å²) in [5.74, 6) is -0.456. The molecular weight excluding hydrogens is 413 g/mol. The molecule has 0 aliphatic rings. The Bertz CT molecular complexity index is 949. The van der Waals surface area contributed by atoms with E-state index in [1.165, 1.54) is 17.4 Å². The van der Waals surface area contributed by atoms with Crippen LogP contribution in [0.1, 0.15) is 0 Å². The Labute approximate surface area is 163 Å². The molecule has 0 saturated carbocycles. The normalized spacial score (nSPS) is 11.5. The monoisotopic (exact) mass is 421 g/mol. The van der Waals surface area contributed by atoms with Crippen molar-refractivity contribution in [2.75, 3.05) is 7.05 Å². The third-order valence-corrected chi connectivity index (χ3v) is 5.01. The molecule has 8 heteroatoms. The summed E-state index contributed by atoms with van der Waals surface area (Å²) in [4.78, 5) is 5.03. The number of hydrogen-bond donors (Lipinski definition) is 0. The van der Waals surface area contributed by atoms with Crippen LogP contribution in [0.5, 0.6) is 0 Å². The van der Waals surface area contributed by atoms with E-state index >= 15 is 0 Å². The van der Waals surface area contributed by atoms with E-state index in [1.54, 1.807) is 31.3 Å². The summed E-state index contributed by atoms with van der Waals surface area (Å²) >= 11 is 19.7. The highest BCUT2D eigenvalue weighted by atomic mass is 35.5. The maximum atomic E-state index is 13.4. The summed E-state index contributed by atoms with van der Waals surface area (Å²) in [5.41, 5.74) is 2.34. The number of halogens is 5. The van der Waals surface area contributed by atoms with Gasteiger partial charge in [-0.3, -0.25) is 9.56 Å². The first-order chi connectivity index (χ1) is 11.0. The van der Waals surface area contributed by atoms with Crippen molar-refractivity contribution in [3.05, 3.63) is 67.5 Å². The minimum absolute atomic E-state index is 0. The predicted molar refractivity (Wildman–Crippen MR) is 95.6 cm³/mol. The smallest absolute Gasteiger partial charge is 0.189 e. The van der Waals surface area contributed by atoms with Gasteiger partial charge in [-0.25, -0.2) is 4.39 Å². The van der Waals surface area contributed by atoms with Crippen molar-refractivity contribution in [1.29, 1.82) is 0 Å². The molecule has 0 N–H and O–H groups in total. The minimum Gasteiger partial charge on any atom is -1.00 e. The first-order valence-corrected chi connectivity index (χ1v) is 8.57. The van der Waals surface area contributed by atoms with Crippen LogP contribution in [-0.2, 0) is 0 Å². The first kappa shape index (κ1) is 19.3. The maximum Gasteiger partial charge on any atom is 0.189 e. The number of aromatic nitrogens is 1. The Kier molecular flexibility index (Phi) is 6.34. The molecule has 0 atom stereocenters. The molecule has 0 amide bonds. The van der Waals surface area contributed by atoms with Crippen molar-refractivity contribution in [3.8, 4) is 16.9 Å². The van der Waals surface area contributed by atoms with Gasteiger partial charge in [0.25, 0.3) is 0 Å². The van der Waals surface area contributed by atoms with Crippen LogP contribution >= 0.6 is 46.1 Å². The Morgan fingerprint density at radius 3 is 2.42 bits per heavy atom. The van der Waals surface area contributed by atoms with E-state index in [0.717, 1.165) is 21.7 Å². The molecule has 3 aromatic rings. The van der Waals surface area contributed by atoms with E-state index in [-0.39, 0.29) is 17.4 Å². The van der Waals surface area contributed by atoms with Crippen molar-refractivity contribution in [1.82, 2.24) is 4.57 Å². The molecule has 0 aliphatic carbocycles. The van der Waals surface area contributed by atoms with Crippen LogP contribution in [0, 0.1) is 5.82 Å². The van der Waals surface area contributed by atoms with Gasteiger partial charge in [-0.15, -0.1) is 11.3 Å². The number of rotatable bonds is 2. The summed E-state index contributed by atoms with van der Waals surface area (Å²) in [7, 11) is 1.70. The Morgan fingerprint density at radius 1 is 1.04 bits per heavy atom. The zero-order valence-corrected chi connectivity index (χ0v) is 16.1. The van der Waals surface area contributed by atoms with E-state index in [9.17, 15) is 4.39 Å². The second-order valence-corrected chi connectivity index (χ2v) is 6.77. The fraction of sp³-hybridized carbons (Fsp3) is 0.0625. The second kappa shape index (κ2) is 7.89. The van der Waals surface area contributed by atoms with Crippen LogP contribution in [0.25, 0.3) is 16.9 Å². The summed E-state index contributed by atoms with van der Waals surface area (Å²) in [6.45, 7) is 0. The second-order valence-electron chi connectivity index (χ2n) is 4.69. The number of nitrogens with zero attached hydrogens (tertiary/aromatic N) is 2. The molecule has 0 radical (unpaired) electrons. The summed E-state index contributed by atoms with van der Waals surface area (Å²) < 4.78 is 15.3. The average Bonchev–Trinajstić information content (AvgIpc) is 2.94. The van der Waals surface area contributed by atoms with Crippen molar-refractivity contribution in [2.45, 2.75) is 0 Å². The van der Waals surface area contributed by atoms with Crippen molar-refractivity contribution >= 4 is 46.1 Å². The standard InChI is InChI=1S/C16H10Cl3FN2S.ClH/c1-21-16-22(14-5-3-10(17)7-12(14)19)15(8-23-16)9-2-4-13(20)11(18)6-9;/h2-8H,1H3;1H/p-1. The van der Waals surface area contributed by atoms with E-state index in [2.05, 4.69) is 4.99 Å². The quantitative estimate of drug-likeness (QED) is 0.604. The molecule has 0 fully saturated rings. The molecule has 2 nitrogen and oxygen atoms in total. The molecular formula is C16H10Cl4FN2S-. The van der Waals surface area contributed by atoms with E-state index < -0.39 is 5.82 Å². The lowest BCUT2D eigenvalue weighted by Crippen LogP contribution is -3.00. The highest BCUT2D eigenvalue weighted by molar-refractivity contribution is 7.07. The molecule has 1 aromatic heterocycles. The molecule has 2 aromatic carbocycles. The largest absolute Gasteiger partial charge is 1.00 e. The van der Waals surface area contributed by atoms with Gasteiger partial charge in [-0.2, -0.15) is 0 Å². The summed E-state index contributed by atoms with van der Waals surface area (Å²) in [6.07, 6.45) is 0. The zero-order chi connectivity index (χ0) is 16.6. The van der Waals surface area contributed by atoms with Crippen LogP contribution in [0.4, 0.5) is 4.39 Å². The van der Waals surface area contributed by atoms with Crippen LogP contribution in [-0.4, -0.2) is 11.6 Å². The lowest BCUT2D eigenvalue weighted by Gasteiger charge is -2.11. The van der Waals surface area contributed by atoms with Gasteiger partial charge < -0.3 is 12.4 Å². The molecule has 1 heterocycles. The Balaban J connectivity index is 0.00000208. The average molecular weight is 423 g/mol. The Hall–Kier alpha value is -1.04. The van der Waals surface area contributed by atoms with Gasteiger partial charge >= 0.3 is 0 Å². The van der Waals surface area contributed by atoms with Gasteiger partial charge in [0.1, 0.15) is 5.82 Å². The van der Waals surface area contributed by atoms with E-state index in [0.29, 0.717) is 10.0 Å². The van der Waals surface area contributed by atoms with Crippen LogP contribution in [0.2, 0.25) is 15.1 Å². The van der Waals surface area contributed by atoms with Crippen molar-refractivity contribution in [3.63, 3.8) is 0 Å². The molecule has 0 bridgehead atoms. The van der Waals surface area contributed by atoms with Crippen LogP contribution in [0.15, 0.2) is 46.8 Å². The van der Waals surface area contributed by atoms with Gasteiger partial charge in [0, 0.05) is 23.0 Å². The topological polar surface area (TPSA) is 17.3 Å². The fourth-order valence-electron chi connectivity index (χ4n) is 2.22. The molecule has 0 saturated heterocycles. The Morgan fingerprint density at radius 2 is 1.79 bits per heavy atom. The summed E-state index contributed by atoms with van der Waals surface area (Å²) in [6, 6.07) is 9.84. The van der Waals surface area contributed by atoms with Gasteiger partial charge in [0.2, 0.25) is 0 Å². The highest BCUT2D eigenvalue weighted by Gasteiger charge is 2.14. The van der Waals surface area contributed by atoms with Gasteiger partial charge in [-0.05, 0) is 36.4 Å². The van der Waals surface area contributed by atoms with Gasteiger partial charge in [0.15, 0.2) is 4.80 Å². The van der Waals surface area contributed by atoms with E-state index in [1.807, 2.05) is 16.0 Å².